The van der Waals surface area contributed by atoms with Crippen molar-refractivity contribution in [3.63, 3.8) is 0 Å². The number of rotatable bonds is 5. The molecule has 34 heavy (non-hydrogen) atoms. The van der Waals surface area contributed by atoms with Crippen LogP contribution in [0.25, 0.3) is 16.4 Å². The number of hydrogen-bond acceptors (Lipinski definition) is 5. The molecule has 10 heteroatoms. The minimum absolute atomic E-state index is 0.0578. The first-order chi connectivity index (χ1) is 16.4. The largest absolute Gasteiger partial charge is 0.312 e. The Bertz CT molecular complexity index is 1370. The van der Waals surface area contributed by atoms with E-state index in [0.717, 1.165) is 5.56 Å². The van der Waals surface area contributed by atoms with Gasteiger partial charge in [-0.3, -0.25) is 9.59 Å². The molecule has 2 aromatic carbocycles. The topological polar surface area (TPSA) is 80.1 Å². The third-order valence-corrected chi connectivity index (χ3v) is 6.35. The predicted octanol–water partition coefficient (Wildman–Crippen LogP) is 4.57. The number of aromatic nitrogens is 3. The Morgan fingerprint density at radius 1 is 1.09 bits per heavy atom. The van der Waals surface area contributed by atoms with Gasteiger partial charge in [0.2, 0.25) is 16.9 Å². The third-order valence-electron chi connectivity index (χ3n) is 5.53. The molecule has 0 saturated carbocycles. The SMILES string of the molecule is Cc1cc(NC(=O)[C@H]2CC(=O)N(c3ccc(F)cc3)C2)n(-c2nc(-c3ccc(F)cc3)cs2)n1. The van der Waals surface area contributed by atoms with E-state index in [2.05, 4.69) is 15.4 Å². The highest BCUT2D eigenvalue weighted by atomic mass is 32.1. The van der Waals surface area contributed by atoms with Crippen molar-refractivity contribution in [1.29, 1.82) is 0 Å². The van der Waals surface area contributed by atoms with Crippen molar-refractivity contribution in [2.45, 2.75) is 13.3 Å². The van der Waals surface area contributed by atoms with Crippen LogP contribution in [0.3, 0.4) is 0 Å². The van der Waals surface area contributed by atoms with E-state index in [1.165, 1.54) is 52.6 Å². The molecule has 172 valence electrons. The van der Waals surface area contributed by atoms with Crippen molar-refractivity contribution < 1.29 is 18.4 Å². The highest BCUT2D eigenvalue weighted by molar-refractivity contribution is 7.12. The molecule has 1 aliphatic heterocycles. The molecular weight excluding hydrogens is 460 g/mol. The zero-order chi connectivity index (χ0) is 23.8. The van der Waals surface area contributed by atoms with Gasteiger partial charge < -0.3 is 10.2 Å². The van der Waals surface area contributed by atoms with Gasteiger partial charge >= 0.3 is 0 Å². The van der Waals surface area contributed by atoms with Crippen LogP contribution in [0.2, 0.25) is 0 Å². The fourth-order valence-corrected chi connectivity index (χ4v) is 4.63. The maximum absolute atomic E-state index is 13.2. The number of carbonyl (C=O) groups excluding carboxylic acids is 2. The first-order valence-corrected chi connectivity index (χ1v) is 11.4. The molecule has 1 atom stereocenters. The van der Waals surface area contributed by atoms with Crippen LogP contribution in [0.5, 0.6) is 0 Å². The fourth-order valence-electron chi connectivity index (χ4n) is 3.83. The number of nitrogens with zero attached hydrogens (tertiary/aromatic N) is 4. The molecule has 0 unspecified atom stereocenters. The number of carbonyl (C=O) groups is 2. The van der Waals surface area contributed by atoms with Crippen molar-refractivity contribution in [3.8, 4) is 16.4 Å². The lowest BCUT2D eigenvalue weighted by Crippen LogP contribution is -2.28. The molecule has 0 bridgehead atoms. The second-order valence-electron chi connectivity index (χ2n) is 7.98. The van der Waals surface area contributed by atoms with E-state index >= 15 is 0 Å². The lowest BCUT2D eigenvalue weighted by molar-refractivity contribution is -0.122. The zero-order valence-corrected chi connectivity index (χ0v) is 18.9. The van der Waals surface area contributed by atoms with Crippen molar-refractivity contribution in [1.82, 2.24) is 14.8 Å². The molecular formula is C24H19F2N5O2S. The Morgan fingerprint density at radius 2 is 1.76 bits per heavy atom. The number of anilines is 2. The number of hydrogen-bond donors (Lipinski definition) is 1. The number of nitrogens with one attached hydrogen (secondary N) is 1. The Kier molecular flexibility index (Phi) is 5.66. The molecule has 1 fully saturated rings. The highest BCUT2D eigenvalue weighted by Crippen LogP contribution is 2.29. The molecule has 5 rings (SSSR count). The third kappa shape index (κ3) is 4.32. The minimum Gasteiger partial charge on any atom is -0.312 e. The maximum Gasteiger partial charge on any atom is 0.230 e. The fraction of sp³-hybridized carbons (Fsp3) is 0.167. The molecule has 4 aromatic rings. The van der Waals surface area contributed by atoms with E-state index in [-0.39, 0.29) is 30.6 Å². The summed E-state index contributed by atoms with van der Waals surface area (Å²) in [5.74, 6) is -1.34. The maximum atomic E-state index is 13.2. The molecule has 2 amide bonds. The molecule has 1 N–H and O–H groups in total. The smallest absolute Gasteiger partial charge is 0.230 e. The van der Waals surface area contributed by atoms with Gasteiger partial charge in [-0.2, -0.15) is 9.78 Å². The van der Waals surface area contributed by atoms with Gasteiger partial charge in [-0.1, -0.05) is 0 Å². The number of amides is 2. The monoisotopic (exact) mass is 479 g/mol. The van der Waals surface area contributed by atoms with E-state index in [1.54, 1.807) is 29.8 Å². The number of halogens is 2. The molecule has 1 saturated heterocycles. The number of benzene rings is 2. The summed E-state index contributed by atoms with van der Waals surface area (Å²) in [6.45, 7) is 2.01. The van der Waals surface area contributed by atoms with E-state index in [1.807, 2.05) is 5.38 Å². The molecule has 0 aliphatic carbocycles. The van der Waals surface area contributed by atoms with Crippen molar-refractivity contribution in [2.75, 3.05) is 16.8 Å². The summed E-state index contributed by atoms with van der Waals surface area (Å²) in [6, 6.07) is 13.4. The molecule has 2 aromatic heterocycles. The van der Waals surface area contributed by atoms with E-state index < -0.39 is 11.7 Å². The standard InChI is InChI=1S/C24H19F2N5O2S/c1-14-10-21(31(29-14)24-27-20(13-34-24)15-2-4-17(25)5-3-15)28-23(33)16-11-22(32)30(12-16)19-8-6-18(26)7-9-19/h2-10,13,16H,11-12H2,1H3,(H,28,33)/t16-/m0/s1. The Labute approximate surface area is 197 Å². The van der Waals surface area contributed by atoms with Gasteiger partial charge in [0.05, 0.1) is 17.3 Å². The van der Waals surface area contributed by atoms with Gasteiger partial charge in [0.15, 0.2) is 0 Å². The van der Waals surface area contributed by atoms with Crippen LogP contribution in [-0.2, 0) is 9.59 Å². The summed E-state index contributed by atoms with van der Waals surface area (Å²) < 4.78 is 28.0. The summed E-state index contributed by atoms with van der Waals surface area (Å²) in [6.07, 6.45) is 0.0578. The van der Waals surface area contributed by atoms with Gasteiger partial charge in [-0.15, -0.1) is 11.3 Å². The van der Waals surface area contributed by atoms with Gasteiger partial charge in [0.1, 0.15) is 17.5 Å². The zero-order valence-electron chi connectivity index (χ0n) is 18.0. The lowest BCUT2D eigenvalue weighted by Gasteiger charge is -2.16. The van der Waals surface area contributed by atoms with E-state index in [4.69, 9.17) is 0 Å². The van der Waals surface area contributed by atoms with Crippen molar-refractivity contribution in [3.05, 3.63) is 77.3 Å². The Balaban J connectivity index is 1.33. The van der Waals surface area contributed by atoms with Crippen LogP contribution in [0.1, 0.15) is 12.1 Å². The molecule has 3 heterocycles. The normalized spacial score (nSPS) is 15.7. The summed E-state index contributed by atoms with van der Waals surface area (Å²) in [7, 11) is 0. The van der Waals surface area contributed by atoms with Crippen LogP contribution in [0, 0.1) is 24.5 Å². The van der Waals surface area contributed by atoms with Crippen LogP contribution in [0.15, 0.2) is 60.0 Å². The average molecular weight is 480 g/mol. The second-order valence-corrected chi connectivity index (χ2v) is 8.81. The van der Waals surface area contributed by atoms with Crippen molar-refractivity contribution in [2.24, 2.45) is 5.92 Å². The van der Waals surface area contributed by atoms with E-state index in [9.17, 15) is 18.4 Å². The minimum atomic E-state index is -0.563. The average Bonchev–Trinajstić information content (AvgIpc) is 3.53. The summed E-state index contributed by atoms with van der Waals surface area (Å²) in [5, 5.41) is 9.69. The van der Waals surface area contributed by atoms with E-state index in [0.29, 0.717) is 28.0 Å². The number of thiazole rings is 1. The second kappa shape index (κ2) is 8.79. The van der Waals surface area contributed by atoms with Crippen LogP contribution in [-0.4, -0.2) is 33.1 Å². The van der Waals surface area contributed by atoms with Crippen LogP contribution in [0.4, 0.5) is 20.3 Å². The molecule has 0 spiro atoms. The quantitative estimate of drug-likeness (QED) is 0.455. The van der Waals surface area contributed by atoms with Gasteiger partial charge in [-0.25, -0.2) is 13.8 Å². The Hall–Kier alpha value is -3.92. The predicted molar refractivity (Wildman–Crippen MR) is 125 cm³/mol. The first kappa shape index (κ1) is 21.9. The van der Waals surface area contributed by atoms with Gasteiger partial charge in [0.25, 0.3) is 0 Å². The lowest BCUT2D eigenvalue weighted by atomic mass is 10.1. The molecule has 1 aliphatic rings. The number of aryl methyl sites for hydroxylation is 1. The molecule has 7 nitrogen and oxygen atoms in total. The summed E-state index contributed by atoms with van der Waals surface area (Å²) in [4.78, 5) is 31.6. The first-order valence-electron chi connectivity index (χ1n) is 10.5. The Morgan fingerprint density at radius 3 is 2.47 bits per heavy atom. The highest BCUT2D eigenvalue weighted by Gasteiger charge is 2.35. The summed E-state index contributed by atoms with van der Waals surface area (Å²) >= 11 is 1.34. The van der Waals surface area contributed by atoms with Crippen LogP contribution >= 0.6 is 11.3 Å². The summed E-state index contributed by atoms with van der Waals surface area (Å²) in [5.41, 5.74) is 2.67. The molecule has 0 radical (unpaired) electrons. The van der Waals surface area contributed by atoms with Crippen LogP contribution < -0.4 is 10.2 Å². The van der Waals surface area contributed by atoms with Gasteiger partial charge in [0, 0.05) is 35.7 Å². The van der Waals surface area contributed by atoms with Gasteiger partial charge in [-0.05, 0) is 55.5 Å². The van der Waals surface area contributed by atoms with Crippen molar-refractivity contribution >= 4 is 34.7 Å².